The molecule has 0 atom stereocenters. The van der Waals surface area contributed by atoms with E-state index in [9.17, 15) is 10.0 Å². The molecule has 0 amide bonds. The lowest BCUT2D eigenvalue weighted by Crippen LogP contribution is -2.36. The maximum Gasteiger partial charge on any atom is 0.489 e. The summed E-state index contributed by atoms with van der Waals surface area (Å²) in [4.78, 5) is 0.782. The van der Waals surface area contributed by atoms with E-state index in [1.165, 1.54) is 0 Å². The zero-order chi connectivity index (χ0) is 11.7. The first-order valence-electron chi connectivity index (χ1n) is 4.79. The lowest BCUT2D eigenvalue weighted by atomic mass is 9.72. The van der Waals surface area contributed by atoms with E-state index in [0.29, 0.717) is 12.0 Å². The maximum absolute atomic E-state index is 9.30. The molecular weight excluding hydrogens is 209 g/mol. The molecular formula is C10H16BNO2S. The predicted molar refractivity (Wildman–Crippen MR) is 65.6 cm³/mol. The van der Waals surface area contributed by atoms with E-state index in [0.717, 1.165) is 27.1 Å². The Balaban J connectivity index is 3.60. The number of hydrogen-bond acceptors (Lipinski definition) is 4. The highest BCUT2D eigenvalue weighted by molar-refractivity contribution is 7.80. The van der Waals surface area contributed by atoms with E-state index in [1.54, 1.807) is 0 Å². The van der Waals surface area contributed by atoms with E-state index in [1.807, 2.05) is 20.8 Å². The average Bonchev–Trinajstić information content (AvgIpc) is 2.15. The molecule has 0 fully saturated rings. The van der Waals surface area contributed by atoms with Gasteiger partial charge in [-0.3, -0.25) is 0 Å². The lowest BCUT2D eigenvalue weighted by molar-refractivity contribution is 0.425. The molecule has 1 aromatic rings. The van der Waals surface area contributed by atoms with Crippen LogP contribution in [0.2, 0.25) is 0 Å². The molecule has 0 heterocycles. The van der Waals surface area contributed by atoms with Crippen LogP contribution >= 0.6 is 12.6 Å². The summed E-state index contributed by atoms with van der Waals surface area (Å²) in [6.07, 6.45) is 0. The van der Waals surface area contributed by atoms with E-state index < -0.39 is 7.12 Å². The Morgan fingerprint density at radius 1 is 1.13 bits per heavy atom. The Morgan fingerprint density at radius 3 is 2.07 bits per heavy atom. The minimum Gasteiger partial charge on any atom is -0.423 e. The van der Waals surface area contributed by atoms with Crippen molar-refractivity contribution in [2.45, 2.75) is 32.2 Å². The molecule has 0 aliphatic rings. The van der Waals surface area contributed by atoms with Gasteiger partial charge in [0.1, 0.15) is 0 Å². The van der Waals surface area contributed by atoms with Crippen LogP contribution in [0.4, 0.5) is 0 Å². The third-order valence-electron chi connectivity index (χ3n) is 2.89. The van der Waals surface area contributed by atoms with Gasteiger partial charge in [0.15, 0.2) is 0 Å². The molecule has 0 unspecified atom stereocenters. The summed E-state index contributed by atoms with van der Waals surface area (Å²) in [7, 11) is -1.47. The van der Waals surface area contributed by atoms with Crippen molar-refractivity contribution in [2.75, 3.05) is 0 Å². The summed E-state index contributed by atoms with van der Waals surface area (Å²) in [5.41, 5.74) is 9.77. The Kier molecular flexibility index (Phi) is 3.84. The number of benzene rings is 1. The third kappa shape index (κ3) is 2.06. The van der Waals surface area contributed by atoms with Crippen molar-refractivity contribution in [3.8, 4) is 0 Å². The van der Waals surface area contributed by atoms with Gasteiger partial charge in [0.05, 0.1) is 0 Å². The van der Waals surface area contributed by atoms with Gasteiger partial charge in [-0.05, 0) is 48.5 Å². The van der Waals surface area contributed by atoms with Gasteiger partial charge in [-0.25, -0.2) is 0 Å². The summed E-state index contributed by atoms with van der Waals surface area (Å²) in [5.74, 6) is 0. The van der Waals surface area contributed by atoms with Crippen LogP contribution in [-0.4, -0.2) is 17.2 Å². The van der Waals surface area contributed by atoms with Crippen LogP contribution in [0.15, 0.2) is 4.90 Å². The SMILES string of the molecule is Cc1c(S)c(C)c(B(O)O)c(C)c1CN. The molecule has 0 bridgehead atoms. The van der Waals surface area contributed by atoms with Gasteiger partial charge in [0, 0.05) is 11.4 Å². The van der Waals surface area contributed by atoms with Gasteiger partial charge in [0.2, 0.25) is 0 Å². The molecule has 5 heteroatoms. The van der Waals surface area contributed by atoms with Gasteiger partial charge < -0.3 is 15.8 Å². The molecule has 1 aromatic carbocycles. The van der Waals surface area contributed by atoms with Gasteiger partial charge in [0.25, 0.3) is 0 Å². The van der Waals surface area contributed by atoms with Gasteiger partial charge >= 0.3 is 7.12 Å². The van der Waals surface area contributed by atoms with Crippen molar-refractivity contribution in [2.24, 2.45) is 5.73 Å². The van der Waals surface area contributed by atoms with Crippen molar-refractivity contribution in [3.63, 3.8) is 0 Å². The highest BCUT2D eigenvalue weighted by Gasteiger charge is 2.22. The van der Waals surface area contributed by atoms with E-state index in [-0.39, 0.29) is 0 Å². The lowest BCUT2D eigenvalue weighted by Gasteiger charge is -2.18. The molecule has 0 spiro atoms. The molecule has 4 N–H and O–H groups in total. The Labute approximate surface area is 95.9 Å². The third-order valence-corrected chi connectivity index (χ3v) is 3.56. The molecule has 3 nitrogen and oxygen atoms in total. The van der Waals surface area contributed by atoms with Crippen LogP contribution < -0.4 is 11.2 Å². The van der Waals surface area contributed by atoms with Crippen LogP contribution in [-0.2, 0) is 6.54 Å². The highest BCUT2D eigenvalue weighted by atomic mass is 32.1. The first-order chi connectivity index (χ1) is 6.91. The fourth-order valence-electron chi connectivity index (χ4n) is 1.97. The van der Waals surface area contributed by atoms with Crippen molar-refractivity contribution in [3.05, 3.63) is 22.3 Å². The zero-order valence-corrected chi connectivity index (χ0v) is 10.1. The van der Waals surface area contributed by atoms with Crippen molar-refractivity contribution >= 4 is 25.2 Å². The molecule has 15 heavy (non-hydrogen) atoms. The van der Waals surface area contributed by atoms with Gasteiger partial charge in [-0.2, -0.15) is 0 Å². The zero-order valence-electron chi connectivity index (χ0n) is 9.20. The van der Waals surface area contributed by atoms with Crippen LogP contribution in [0.5, 0.6) is 0 Å². The molecule has 0 radical (unpaired) electrons. The second kappa shape index (κ2) is 4.57. The normalized spacial score (nSPS) is 10.6. The molecule has 0 saturated carbocycles. The first-order valence-corrected chi connectivity index (χ1v) is 5.24. The molecule has 0 aromatic heterocycles. The highest BCUT2D eigenvalue weighted by Crippen LogP contribution is 2.23. The molecule has 1 rings (SSSR count). The molecule has 82 valence electrons. The van der Waals surface area contributed by atoms with Crippen molar-refractivity contribution < 1.29 is 10.0 Å². The first kappa shape index (κ1) is 12.6. The summed E-state index contributed by atoms with van der Waals surface area (Å²) < 4.78 is 0. The van der Waals surface area contributed by atoms with Crippen LogP contribution in [0, 0.1) is 20.8 Å². The van der Waals surface area contributed by atoms with Crippen LogP contribution in [0.3, 0.4) is 0 Å². The van der Waals surface area contributed by atoms with E-state index >= 15 is 0 Å². The Bertz CT molecular complexity index is 394. The minimum atomic E-state index is -1.47. The minimum absolute atomic E-state index is 0.380. The fourth-order valence-corrected chi connectivity index (χ4v) is 2.23. The Hall–Kier alpha value is -0.485. The van der Waals surface area contributed by atoms with Gasteiger partial charge in [-0.15, -0.1) is 12.6 Å². The number of nitrogens with two attached hydrogens (primary N) is 1. The maximum atomic E-state index is 9.30. The van der Waals surface area contributed by atoms with Crippen molar-refractivity contribution in [1.29, 1.82) is 0 Å². The smallest absolute Gasteiger partial charge is 0.423 e. The second-order valence-electron chi connectivity index (χ2n) is 3.69. The number of rotatable bonds is 2. The van der Waals surface area contributed by atoms with Gasteiger partial charge in [-0.1, -0.05) is 0 Å². The molecule has 0 aliphatic carbocycles. The largest absolute Gasteiger partial charge is 0.489 e. The molecule has 0 aliphatic heterocycles. The van der Waals surface area contributed by atoms with Crippen LogP contribution in [0.25, 0.3) is 0 Å². The summed E-state index contributed by atoms with van der Waals surface area (Å²) in [5, 5.41) is 18.6. The van der Waals surface area contributed by atoms with Crippen molar-refractivity contribution in [1.82, 2.24) is 0 Å². The molecule has 0 saturated heterocycles. The Morgan fingerprint density at radius 2 is 1.67 bits per heavy atom. The van der Waals surface area contributed by atoms with E-state index in [4.69, 9.17) is 5.73 Å². The standard InChI is InChI=1S/C10H16BNO2S/c1-5-8(4-12)6(2)10(15)7(3)9(5)11(13)14/h13-15H,4,12H2,1-3H3. The quantitative estimate of drug-likeness (QED) is 0.424. The topological polar surface area (TPSA) is 66.5 Å². The number of thiol groups is 1. The summed E-state index contributed by atoms with van der Waals surface area (Å²) in [6, 6.07) is 0. The fraction of sp³-hybridized carbons (Fsp3) is 0.400. The second-order valence-corrected chi connectivity index (χ2v) is 4.14. The van der Waals surface area contributed by atoms with Crippen LogP contribution in [0.1, 0.15) is 22.3 Å². The predicted octanol–water partition coefficient (Wildman–Crippen LogP) is 0.0391. The summed E-state index contributed by atoms with van der Waals surface area (Å²) in [6.45, 7) is 6.00. The average molecular weight is 225 g/mol. The monoisotopic (exact) mass is 225 g/mol. The van der Waals surface area contributed by atoms with E-state index in [2.05, 4.69) is 12.6 Å². The summed E-state index contributed by atoms with van der Waals surface area (Å²) >= 11 is 4.37. The number of hydrogen-bond donors (Lipinski definition) is 4.